The lowest BCUT2D eigenvalue weighted by molar-refractivity contribution is 0.102. The van der Waals surface area contributed by atoms with Gasteiger partial charge in [-0.05, 0) is 42.9 Å². The summed E-state index contributed by atoms with van der Waals surface area (Å²) in [5.74, 6) is 1.38. The number of aryl methyl sites for hydroxylation is 1. The minimum atomic E-state index is -0.138. The van der Waals surface area contributed by atoms with E-state index in [1.54, 1.807) is 12.4 Å². The number of benzene rings is 1. The second-order valence-corrected chi connectivity index (χ2v) is 6.45. The number of nitrogens with zero attached hydrogens (tertiary/aromatic N) is 3. The molecular formula is C19H24N4O. The maximum Gasteiger partial charge on any atom is 0.255 e. The molecule has 5 nitrogen and oxygen atoms in total. The first-order chi connectivity index (χ1) is 11.7. The van der Waals surface area contributed by atoms with Gasteiger partial charge in [0, 0.05) is 18.7 Å². The zero-order valence-electron chi connectivity index (χ0n) is 14.3. The van der Waals surface area contributed by atoms with Gasteiger partial charge in [-0.2, -0.15) is 0 Å². The van der Waals surface area contributed by atoms with Crippen LogP contribution in [0, 0.1) is 5.92 Å². The van der Waals surface area contributed by atoms with Crippen molar-refractivity contribution in [1.29, 1.82) is 0 Å². The molecule has 1 aromatic carbocycles. The summed E-state index contributed by atoms with van der Waals surface area (Å²) in [6, 6.07) is 7.65. The molecule has 1 aliphatic heterocycles. The van der Waals surface area contributed by atoms with Crippen LogP contribution in [0.2, 0.25) is 0 Å². The normalized spacial score (nSPS) is 15.3. The standard InChI is InChI=1S/C19H24N4O/c1-3-15-4-6-16(7-5-15)18(24)22-17-12-20-19(21-13-17)23-10-8-14(2)9-11-23/h4-7,12-14H,3,8-11H2,1-2H3,(H,22,24). The van der Waals surface area contributed by atoms with Gasteiger partial charge < -0.3 is 10.2 Å². The van der Waals surface area contributed by atoms with Crippen molar-refractivity contribution < 1.29 is 4.79 Å². The van der Waals surface area contributed by atoms with E-state index < -0.39 is 0 Å². The van der Waals surface area contributed by atoms with Crippen molar-refractivity contribution in [3.05, 3.63) is 47.8 Å². The van der Waals surface area contributed by atoms with Crippen molar-refractivity contribution in [3.63, 3.8) is 0 Å². The number of nitrogens with one attached hydrogen (secondary N) is 1. The fourth-order valence-electron chi connectivity index (χ4n) is 2.85. The minimum absolute atomic E-state index is 0.138. The van der Waals surface area contributed by atoms with Gasteiger partial charge >= 0.3 is 0 Å². The van der Waals surface area contributed by atoms with Crippen molar-refractivity contribution in [2.45, 2.75) is 33.1 Å². The van der Waals surface area contributed by atoms with E-state index in [-0.39, 0.29) is 5.91 Å². The highest BCUT2D eigenvalue weighted by Crippen LogP contribution is 2.20. The molecule has 1 N–H and O–H groups in total. The topological polar surface area (TPSA) is 58.1 Å². The molecule has 2 aromatic rings. The Balaban J connectivity index is 1.62. The Morgan fingerprint density at radius 3 is 2.38 bits per heavy atom. The summed E-state index contributed by atoms with van der Waals surface area (Å²) >= 11 is 0. The number of hydrogen-bond acceptors (Lipinski definition) is 4. The average molecular weight is 324 g/mol. The van der Waals surface area contributed by atoms with E-state index in [1.807, 2.05) is 24.3 Å². The first-order valence-electron chi connectivity index (χ1n) is 8.63. The molecule has 0 aliphatic carbocycles. The third-order valence-electron chi connectivity index (χ3n) is 4.59. The van der Waals surface area contributed by atoms with Gasteiger partial charge in [0.15, 0.2) is 0 Å². The van der Waals surface area contributed by atoms with Crippen LogP contribution in [-0.2, 0) is 6.42 Å². The summed E-state index contributed by atoms with van der Waals surface area (Å²) in [6.45, 7) is 6.37. The molecule has 1 fully saturated rings. The zero-order chi connectivity index (χ0) is 16.9. The molecule has 24 heavy (non-hydrogen) atoms. The van der Waals surface area contributed by atoms with E-state index in [0.29, 0.717) is 11.3 Å². The monoisotopic (exact) mass is 324 g/mol. The van der Waals surface area contributed by atoms with Crippen LogP contribution in [0.5, 0.6) is 0 Å². The Kier molecular flexibility index (Phi) is 5.08. The first-order valence-corrected chi connectivity index (χ1v) is 8.63. The number of carbonyl (C=O) groups excluding carboxylic acids is 1. The van der Waals surface area contributed by atoms with Crippen LogP contribution in [0.4, 0.5) is 11.6 Å². The number of aromatic nitrogens is 2. The molecule has 0 atom stereocenters. The highest BCUT2D eigenvalue weighted by molar-refractivity contribution is 6.04. The van der Waals surface area contributed by atoms with E-state index >= 15 is 0 Å². The van der Waals surface area contributed by atoms with Crippen molar-refractivity contribution >= 4 is 17.5 Å². The number of piperidine rings is 1. The second-order valence-electron chi connectivity index (χ2n) is 6.45. The highest BCUT2D eigenvalue weighted by Gasteiger charge is 2.17. The fraction of sp³-hybridized carbons (Fsp3) is 0.421. The smallest absolute Gasteiger partial charge is 0.255 e. The van der Waals surface area contributed by atoms with E-state index in [4.69, 9.17) is 0 Å². The number of carbonyl (C=O) groups is 1. The molecule has 1 amide bonds. The third-order valence-corrected chi connectivity index (χ3v) is 4.59. The van der Waals surface area contributed by atoms with Gasteiger partial charge in [0.2, 0.25) is 5.95 Å². The van der Waals surface area contributed by atoms with E-state index in [2.05, 4.69) is 34.0 Å². The van der Waals surface area contributed by atoms with Crippen molar-refractivity contribution in [2.75, 3.05) is 23.3 Å². The third kappa shape index (κ3) is 3.91. The SMILES string of the molecule is CCc1ccc(C(=O)Nc2cnc(N3CCC(C)CC3)nc2)cc1. The quantitative estimate of drug-likeness (QED) is 0.935. The van der Waals surface area contributed by atoms with Gasteiger partial charge in [-0.1, -0.05) is 26.0 Å². The maximum absolute atomic E-state index is 12.3. The summed E-state index contributed by atoms with van der Waals surface area (Å²) < 4.78 is 0. The van der Waals surface area contributed by atoms with Gasteiger partial charge in [-0.3, -0.25) is 4.79 Å². The molecule has 0 spiro atoms. The fourth-order valence-corrected chi connectivity index (χ4v) is 2.85. The number of amides is 1. The Hall–Kier alpha value is -2.43. The maximum atomic E-state index is 12.3. The molecule has 1 aliphatic rings. The summed E-state index contributed by atoms with van der Waals surface area (Å²) in [5, 5.41) is 2.85. The lowest BCUT2D eigenvalue weighted by Crippen LogP contribution is -2.34. The van der Waals surface area contributed by atoms with E-state index in [0.717, 1.165) is 31.4 Å². The lowest BCUT2D eigenvalue weighted by atomic mass is 10.00. The highest BCUT2D eigenvalue weighted by atomic mass is 16.1. The Labute approximate surface area is 143 Å². The summed E-state index contributed by atoms with van der Waals surface area (Å²) in [7, 11) is 0. The van der Waals surface area contributed by atoms with Crippen molar-refractivity contribution in [2.24, 2.45) is 5.92 Å². The molecule has 0 radical (unpaired) electrons. The predicted molar refractivity (Wildman–Crippen MR) is 96.4 cm³/mol. The van der Waals surface area contributed by atoms with Crippen LogP contribution in [-0.4, -0.2) is 29.0 Å². The summed E-state index contributed by atoms with van der Waals surface area (Å²) in [5.41, 5.74) is 2.48. The molecule has 1 aromatic heterocycles. The van der Waals surface area contributed by atoms with Gasteiger partial charge in [0.1, 0.15) is 0 Å². The van der Waals surface area contributed by atoms with Gasteiger partial charge in [0.25, 0.3) is 5.91 Å². The van der Waals surface area contributed by atoms with E-state index in [1.165, 1.54) is 18.4 Å². The molecule has 126 valence electrons. The molecule has 5 heteroatoms. The molecular weight excluding hydrogens is 300 g/mol. The number of hydrogen-bond donors (Lipinski definition) is 1. The van der Waals surface area contributed by atoms with Crippen molar-refractivity contribution in [3.8, 4) is 0 Å². The van der Waals surface area contributed by atoms with Crippen LogP contribution in [0.25, 0.3) is 0 Å². The van der Waals surface area contributed by atoms with E-state index in [9.17, 15) is 4.79 Å². The predicted octanol–water partition coefficient (Wildman–Crippen LogP) is 3.53. The average Bonchev–Trinajstić information content (AvgIpc) is 2.63. The van der Waals surface area contributed by atoms with Gasteiger partial charge in [0.05, 0.1) is 18.1 Å². The lowest BCUT2D eigenvalue weighted by Gasteiger charge is -2.30. The van der Waals surface area contributed by atoms with Crippen LogP contribution in [0.15, 0.2) is 36.7 Å². The van der Waals surface area contributed by atoms with Crippen LogP contribution in [0.1, 0.15) is 42.6 Å². The van der Waals surface area contributed by atoms with Crippen LogP contribution >= 0.6 is 0 Å². The molecule has 0 saturated carbocycles. The second kappa shape index (κ2) is 7.43. The Morgan fingerprint density at radius 2 is 1.79 bits per heavy atom. The number of anilines is 2. The molecule has 0 bridgehead atoms. The zero-order valence-corrected chi connectivity index (χ0v) is 14.3. The Morgan fingerprint density at radius 1 is 1.17 bits per heavy atom. The van der Waals surface area contributed by atoms with Crippen LogP contribution in [0.3, 0.4) is 0 Å². The van der Waals surface area contributed by atoms with Crippen LogP contribution < -0.4 is 10.2 Å². The summed E-state index contributed by atoms with van der Waals surface area (Å²) in [4.78, 5) is 23.3. The largest absolute Gasteiger partial charge is 0.341 e. The molecule has 3 rings (SSSR count). The molecule has 1 saturated heterocycles. The summed E-state index contributed by atoms with van der Waals surface area (Å²) in [6.07, 6.45) is 6.68. The van der Waals surface area contributed by atoms with Gasteiger partial charge in [-0.25, -0.2) is 9.97 Å². The van der Waals surface area contributed by atoms with Gasteiger partial charge in [-0.15, -0.1) is 0 Å². The number of rotatable bonds is 4. The van der Waals surface area contributed by atoms with Crippen molar-refractivity contribution in [1.82, 2.24) is 9.97 Å². The Bertz CT molecular complexity index is 674. The minimum Gasteiger partial charge on any atom is -0.341 e. The first kappa shape index (κ1) is 16.4. The molecule has 0 unspecified atom stereocenters. The molecule has 2 heterocycles.